The Hall–Kier alpha value is -1.35. The lowest BCUT2D eigenvalue weighted by atomic mass is 9.67. The van der Waals surface area contributed by atoms with Gasteiger partial charge < -0.3 is 10.0 Å². The Balaban J connectivity index is 1.77. The molecule has 0 bridgehead atoms. The number of para-hydroxylation sites is 1. The van der Waals surface area contributed by atoms with E-state index >= 15 is 0 Å². The fourth-order valence-corrected chi connectivity index (χ4v) is 3.69. The maximum absolute atomic E-state index is 12.8. The third kappa shape index (κ3) is 2.14. The Morgan fingerprint density at radius 3 is 2.35 bits per heavy atom. The summed E-state index contributed by atoms with van der Waals surface area (Å²) in [6, 6.07) is 9.93. The van der Waals surface area contributed by atoms with E-state index in [1.807, 2.05) is 42.2 Å². The first-order valence-electron chi connectivity index (χ1n) is 7.68. The number of carbonyl (C=O) groups is 1. The van der Waals surface area contributed by atoms with Crippen LogP contribution >= 0.6 is 0 Å². The van der Waals surface area contributed by atoms with Gasteiger partial charge in [0.05, 0.1) is 11.0 Å². The van der Waals surface area contributed by atoms with E-state index in [-0.39, 0.29) is 11.3 Å². The van der Waals surface area contributed by atoms with Crippen LogP contribution in [0.15, 0.2) is 30.3 Å². The normalized spacial score (nSPS) is 33.9. The summed E-state index contributed by atoms with van der Waals surface area (Å²) in [5.74, 6) is 0.266. The van der Waals surface area contributed by atoms with Crippen LogP contribution in [0, 0.1) is 5.41 Å². The molecule has 1 aliphatic carbocycles. The van der Waals surface area contributed by atoms with Crippen molar-refractivity contribution in [2.24, 2.45) is 5.41 Å². The molecule has 1 aromatic carbocycles. The lowest BCUT2D eigenvalue weighted by Gasteiger charge is -2.40. The SMILES string of the molecule is CCC1(O)CCC2(CCN(c3ccccc3)C2=O)CC1. The van der Waals surface area contributed by atoms with Crippen molar-refractivity contribution in [3.05, 3.63) is 30.3 Å². The summed E-state index contributed by atoms with van der Waals surface area (Å²) in [6.45, 7) is 2.85. The number of anilines is 1. The Labute approximate surface area is 120 Å². The molecule has 1 spiro atoms. The monoisotopic (exact) mass is 273 g/mol. The molecule has 0 radical (unpaired) electrons. The van der Waals surface area contributed by atoms with Gasteiger partial charge >= 0.3 is 0 Å². The zero-order valence-corrected chi connectivity index (χ0v) is 12.1. The molecule has 1 aromatic rings. The van der Waals surface area contributed by atoms with Crippen molar-refractivity contribution in [2.45, 2.75) is 51.0 Å². The minimum absolute atomic E-state index is 0.211. The van der Waals surface area contributed by atoms with E-state index in [0.29, 0.717) is 0 Å². The van der Waals surface area contributed by atoms with Gasteiger partial charge in [0.2, 0.25) is 5.91 Å². The second-order valence-electron chi connectivity index (χ2n) is 6.40. The van der Waals surface area contributed by atoms with Crippen molar-refractivity contribution in [2.75, 3.05) is 11.4 Å². The van der Waals surface area contributed by atoms with Gasteiger partial charge in [-0.15, -0.1) is 0 Å². The average Bonchev–Trinajstić information content (AvgIpc) is 2.81. The quantitative estimate of drug-likeness (QED) is 0.899. The molecular formula is C17H23NO2. The second kappa shape index (κ2) is 4.88. The number of hydrogen-bond donors (Lipinski definition) is 1. The predicted octanol–water partition coefficient (Wildman–Crippen LogP) is 3.12. The van der Waals surface area contributed by atoms with Crippen LogP contribution in [0.3, 0.4) is 0 Å². The Morgan fingerprint density at radius 2 is 1.75 bits per heavy atom. The summed E-state index contributed by atoms with van der Waals surface area (Å²) in [5, 5.41) is 10.4. The van der Waals surface area contributed by atoms with Gasteiger partial charge in [-0.3, -0.25) is 4.79 Å². The molecule has 0 aromatic heterocycles. The van der Waals surface area contributed by atoms with E-state index in [0.717, 1.165) is 50.8 Å². The molecular weight excluding hydrogens is 250 g/mol. The molecule has 1 saturated heterocycles. The smallest absolute Gasteiger partial charge is 0.233 e. The highest BCUT2D eigenvalue weighted by molar-refractivity contribution is 5.99. The molecule has 108 valence electrons. The molecule has 1 aliphatic heterocycles. The van der Waals surface area contributed by atoms with Crippen LogP contribution < -0.4 is 4.90 Å². The van der Waals surface area contributed by atoms with E-state index in [1.54, 1.807) is 0 Å². The van der Waals surface area contributed by atoms with E-state index in [1.165, 1.54) is 0 Å². The van der Waals surface area contributed by atoms with Crippen LogP contribution in [0.1, 0.15) is 45.4 Å². The fourth-order valence-electron chi connectivity index (χ4n) is 3.69. The van der Waals surface area contributed by atoms with Crippen molar-refractivity contribution >= 4 is 11.6 Å². The second-order valence-corrected chi connectivity index (χ2v) is 6.40. The molecule has 1 N–H and O–H groups in total. The van der Waals surface area contributed by atoms with Gasteiger partial charge in [-0.05, 0) is 50.7 Å². The topological polar surface area (TPSA) is 40.5 Å². The molecule has 0 unspecified atom stereocenters. The first kappa shape index (κ1) is 13.6. The van der Waals surface area contributed by atoms with Gasteiger partial charge in [0.15, 0.2) is 0 Å². The maximum Gasteiger partial charge on any atom is 0.233 e. The number of carbonyl (C=O) groups excluding carboxylic acids is 1. The molecule has 1 heterocycles. The van der Waals surface area contributed by atoms with Crippen molar-refractivity contribution in [1.29, 1.82) is 0 Å². The highest BCUT2D eigenvalue weighted by Gasteiger charge is 2.51. The maximum atomic E-state index is 12.8. The molecule has 1 saturated carbocycles. The molecule has 2 aliphatic rings. The summed E-state index contributed by atoms with van der Waals surface area (Å²) in [5.41, 5.74) is 0.258. The van der Waals surface area contributed by atoms with Gasteiger partial charge in [0.1, 0.15) is 0 Å². The number of aliphatic hydroxyl groups is 1. The van der Waals surface area contributed by atoms with E-state index in [2.05, 4.69) is 0 Å². The van der Waals surface area contributed by atoms with Crippen LogP contribution in [0.5, 0.6) is 0 Å². The standard InChI is InChI=1S/C17H23NO2/c1-2-17(20)10-8-16(9-11-17)12-13-18(15(16)19)14-6-4-3-5-7-14/h3-7,20H,2,8-13H2,1H3. The summed E-state index contributed by atoms with van der Waals surface area (Å²) in [7, 11) is 0. The third-order valence-corrected chi connectivity index (χ3v) is 5.38. The van der Waals surface area contributed by atoms with Crippen LogP contribution in [0.4, 0.5) is 5.69 Å². The zero-order valence-electron chi connectivity index (χ0n) is 12.1. The predicted molar refractivity (Wildman–Crippen MR) is 79.6 cm³/mol. The van der Waals surface area contributed by atoms with E-state index < -0.39 is 5.60 Å². The van der Waals surface area contributed by atoms with Gasteiger partial charge in [0, 0.05) is 12.2 Å². The number of hydrogen-bond acceptors (Lipinski definition) is 2. The minimum Gasteiger partial charge on any atom is -0.390 e. The number of rotatable bonds is 2. The first-order valence-corrected chi connectivity index (χ1v) is 7.68. The molecule has 0 atom stereocenters. The Morgan fingerprint density at radius 1 is 1.10 bits per heavy atom. The summed E-state index contributed by atoms with van der Waals surface area (Å²) < 4.78 is 0. The highest BCUT2D eigenvalue weighted by Crippen LogP contribution is 2.49. The van der Waals surface area contributed by atoms with Crippen molar-refractivity contribution in [3.63, 3.8) is 0 Å². The molecule has 3 heteroatoms. The molecule has 2 fully saturated rings. The molecule has 1 amide bonds. The highest BCUT2D eigenvalue weighted by atomic mass is 16.3. The van der Waals surface area contributed by atoms with Gasteiger partial charge in [-0.2, -0.15) is 0 Å². The van der Waals surface area contributed by atoms with Gasteiger partial charge in [-0.1, -0.05) is 25.1 Å². The first-order chi connectivity index (χ1) is 9.59. The summed E-state index contributed by atoms with van der Waals surface area (Å²) in [6.07, 6.45) is 4.91. The molecule has 3 rings (SSSR count). The number of benzene rings is 1. The molecule has 20 heavy (non-hydrogen) atoms. The summed E-state index contributed by atoms with van der Waals surface area (Å²) in [4.78, 5) is 14.8. The van der Waals surface area contributed by atoms with E-state index in [4.69, 9.17) is 0 Å². The van der Waals surface area contributed by atoms with Crippen LogP contribution in [-0.4, -0.2) is 23.2 Å². The fraction of sp³-hybridized carbons (Fsp3) is 0.588. The van der Waals surface area contributed by atoms with Crippen LogP contribution in [0.2, 0.25) is 0 Å². The van der Waals surface area contributed by atoms with Gasteiger partial charge in [-0.25, -0.2) is 0 Å². The van der Waals surface area contributed by atoms with Crippen molar-refractivity contribution in [3.8, 4) is 0 Å². The lowest BCUT2D eigenvalue weighted by Crippen LogP contribution is -2.43. The van der Waals surface area contributed by atoms with Crippen LogP contribution in [-0.2, 0) is 4.79 Å². The number of amides is 1. The Bertz CT molecular complexity index is 489. The van der Waals surface area contributed by atoms with Crippen LogP contribution in [0.25, 0.3) is 0 Å². The van der Waals surface area contributed by atoms with Gasteiger partial charge in [0.25, 0.3) is 0 Å². The average molecular weight is 273 g/mol. The Kier molecular flexibility index (Phi) is 3.33. The zero-order chi connectivity index (χ0) is 14.2. The molecule has 3 nitrogen and oxygen atoms in total. The summed E-state index contributed by atoms with van der Waals surface area (Å²) >= 11 is 0. The lowest BCUT2D eigenvalue weighted by molar-refractivity contribution is -0.130. The van der Waals surface area contributed by atoms with E-state index in [9.17, 15) is 9.90 Å². The van der Waals surface area contributed by atoms with Crippen molar-refractivity contribution < 1.29 is 9.90 Å². The number of nitrogens with zero attached hydrogens (tertiary/aromatic N) is 1. The minimum atomic E-state index is -0.536. The largest absolute Gasteiger partial charge is 0.390 e. The van der Waals surface area contributed by atoms with Crippen molar-refractivity contribution in [1.82, 2.24) is 0 Å². The third-order valence-electron chi connectivity index (χ3n) is 5.38.